The molecule has 1 aliphatic rings. The van der Waals surface area contributed by atoms with Crippen LogP contribution in [0.2, 0.25) is 0 Å². The standard InChI is InChI=1S/C17H25FO3/c1-4-21-17(10-6-7-12(2)11-17)16(19)13-8-5-9-14(20-3)15(13)18/h5,8-9,12,16,19H,4,6-7,10-11H2,1-3H3. The Morgan fingerprint density at radius 1 is 1.48 bits per heavy atom. The first kappa shape index (κ1) is 16.2. The molecule has 0 amide bonds. The van der Waals surface area contributed by atoms with Gasteiger partial charge in [0, 0.05) is 12.2 Å². The van der Waals surface area contributed by atoms with Crippen molar-refractivity contribution in [2.75, 3.05) is 13.7 Å². The summed E-state index contributed by atoms with van der Waals surface area (Å²) < 4.78 is 25.4. The van der Waals surface area contributed by atoms with E-state index in [9.17, 15) is 9.50 Å². The molecule has 118 valence electrons. The highest BCUT2D eigenvalue weighted by Gasteiger charge is 2.43. The maximum atomic E-state index is 14.4. The minimum atomic E-state index is -0.977. The lowest BCUT2D eigenvalue weighted by molar-refractivity contribution is -0.150. The number of benzene rings is 1. The Morgan fingerprint density at radius 3 is 2.86 bits per heavy atom. The molecule has 1 N–H and O–H groups in total. The van der Waals surface area contributed by atoms with Crippen LogP contribution in [0.4, 0.5) is 4.39 Å². The molecule has 0 spiro atoms. The Bertz CT molecular complexity index is 473. The highest BCUT2D eigenvalue weighted by atomic mass is 19.1. The smallest absolute Gasteiger partial charge is 0.170 e. The van der Waals surface area contributed by atoms with Gasteiger partial charge in [-0.15, -0.1) is 0 Å². The maximum absolute atomic E-state index is 14.4. The lowest BCUT2D eigenvalue weighted by Gasteiger charge is -2.43. The van der Waals surface area contributed by atoms with Crippen molar-refractivity contribution in [1.29, 1.82) is 0 Å². The second-order valence-electron chi connectivity index (χ2n) is 5.97. The van der Waals surface area contributed by atoms with Crippen LogP contribution in [-0.2, 0) is 4.74 Å². The zero-order valence-electron chi connectivity index (χ0n) is 13.1. The number of aliphatic hydroxyl groups is 1. The number of ether oxygens (including phenoxy) is 2. The molecule has 1 saturated carbocycles. The van der Waals surface area contributed by atoms with E-state index in [1.165, 1.54) is 7.11 Å². The molecule has 4 heteroatoms. The predicted molar refractivity (Wildman–Crippen MR) is 79.9 cm³/mol. The second kappa shape index (κ2) is 6.75. The number of hydrogen-bond donors (Lipinski definition) is 1. The third-order valence-electron chi connectivity index (χ3n) is 4.43. The first-order valence-corrected chi connectivity index (χ1v) is 7.68. The Morgan fingerprint density at radius 2 is 2.24 bits per heavy atom. The number of hydrogen-bond acceptors (Lipinski definition) is 3. The molecule has 1 fully saturated rings. The van der Waals surface area contributed by atoms with E-state index in [4.69, 9.17) is 9.47 Å². The van der Waals surface area contributed by atoms with E-state index in [-0.39, 0.29) is 11.3 Å². The van der Waals surface area contributed by atoms with E-state index < -0.39 is 17.5 Å². The van der Waals surface area contributed by atoms with Crippen LogP contribution in [0.3, 0.4) is 0 Å². The average Bonchev–Trinajstić information content (AvgIpc) is 2.47. The first-order valence-electron chi connectivity index (χ1n) is 7.68. The van der Waals surface area contributed by atoms with Crippen molar-refractivity contribution in [2.24, 2.45) is 5.92 Å². The van der Waals surface area contributed by atoms with Crippen LogP contribution in [0.25, 0.3) is 0 Å². The molecule has 0 radical (unpaired) electrons. The Balaban J connectivity index is 2.36. The van der Waals surface area contributed by atoms with Gasteiger partial charge in [0.25, 0.3) is 0 Å². The lowest BCUT2D eigenvalue weighted by atomic mass is 9.74. The summed E-state index contributed by atoms with van der Waals surface area (Å²) in [7, 11) is 1.43. The molecule has 3 nitrogen and oxygen atoms in total. The topological polar surface area (TPSA) is 38.7 Å². The SMILES string of the molecule is CCOC1(C(O)c2cccc(OC)c2F)CCCC(C)C1. The summed E-state index contributed by atoms with van der Waals surface area (Å²) in [5, 5.41) is 10.8. The Hall–Kier alpha value is -1.13. The number of aliphatic hydroxyl groups excluding tert-OH is 1. The predicted octanol–water partition coefficient (Wildman–Crippen LogP) is 3.85. The van der Waals surface area contributed by atoms with Crippen molar-refractivity contribution < 1.29 is 19.0 Å². The summed E-state index contributed by atoms with van der Waals surface area (Å²) in [5.41, 5.74) is -0.434. The van der Waals surface area contributed by atoms with Crippen LogP contribution < -0.4 is 4.74 Å². The van der Waals surface area contributed by atoms with Crippen LogP contribution in [0.5, 0.6) is 5.75 Å². The monoisotopic (exact) mass is 296 g/mol. The average molecular weight is 296 g/mol. The van der Waals surface area contributed by atoms with Crippen molar-refractivity contribution in [3.63, 3.8) is 0 Å². The lowest BCUT2D eigenvalue weighted by Crippen LogP contribution is -2.44. The minimum Gasteiger partial charge on any atom is -0.494 e. The Labute approximate surface area is 126 Å². The number of rotatable bonds is 5. The van der Waals surface area contributed by atoms with Gasteiger partial charge in [-0.2, -0.15) is 0 Å². The minimum absolute atomic E-state index is 0.155. The van der Waals surface area contributed by atoms with Gasteiger partial charge in [-0.25, -0.2) is 4.39 Å². The molecule has 3 unspecified atom stereocenters. The molecule has 0 aliphatic heterocycles. The van der Waals surface area contributed by atoms with Gasteiger partial charge < -0.3 is 14.6 Å². The van der Waals surface area contributed by atoms with Crippen molar-refractivity contribution in [3.05, 3.63) is 29.6 Å². The fourth-order valence-corrected chi connectivity index (χ4v) is 3.47. The molecular formula is C17H25FO3. The summed E-state index contributed by atoms with van der Waals surface area (Å²) in [6, 6.07) is 4.87. The normalized spacial score (nSPS) is 27.4. The van der Waals surface area contributed by atoms with Crippen molar-refractivity contribution in [2.45, 2.75) is 51.2 Å². The summed E-state index contributed by atoms with van der Waals surface area (Å²) in [6.07, 6.45) is 2.64. The molecular weight excluding hydrogens is 271 g/mol. The van der Waals surface area contributed by atoms with Gasteiger partial charge in [-0.1, -0.05) is 31.9 Å². The largest absolute Gasteiger partial charge is 0.494 e. The molecule has 1 aliphatic carbocycles. The van der Waals surface area contributed by atoms with Crippen LogP contribution >= 0.6 is 0 Å². The van der Waals surface area contributed by atoms with Gasteiger partial charge in [0.15, 0.2) is 11.6 Å². The highest BCUT2D eigenvalue weighted by Crippen LogP contribution is 2.44. The van der Waals surface area contributed by atoms with Gasteiger partial charge in [0.1, 0.15) is 6.10 Å². The molecule has 1 aromatic rings. The van der Waals surface area contributed by atoms with E-state index in [1.807, 2.05) is 6.92 Å². The van der Waals surface area contributed by atoms with E-state index in [1.54, 1.807) is 18.2 Å². The van der Waals surface area contributed by atoms with Gasteiger partial charge in [0.2, 0.25) is 0 Å². The highest BCUT2D eigenvalue weighted by molar-refractivity contribution is 5.33. The van der Waals surface area contributed by atoms with Gasteiger partial charge in [-0.3, -0.25) is 0 Å². The van der Waals surface area contributed by atoms with Crippen LogP contribution in [0, 0.1) is 11.7 Å². The molecule has 21 heavy (non-hydrogen) atoms. The second-order valence-corrected chi connectivity index (χ2v) is 5.97. The zero-order valence-corrected chi connectivity index (χ0v) is 13.1. The van der Waals surface area contributed by atoms with Crippen molar-refractivity contribution >= 4 is 0 Å². The molecule has 3 atom stereocenters. The molecule has 1 aromatic carbocycles. The molecule has 0 heterocycles. The van der Waals surface area contributed by atoms with E-state index in [0.717, 1.165) is 25.7 Å². The van der Waals surface area contributed by atoms with Gasteiger partial charge in [-0.05, 0) is 31.7 Å². The van der Waals surface area contributed by atoms with E-state index in [0.29, 0.717) is 12.5 Å². The fourth-order valence-electron chi connectivity index (χ4n) is 3.47. The molecule has 0 saturated heterocycles. The number of halogens is 1. The van der Waals surface area contributed by atoms with Gasteiger partial charge in [0.05, 0.1) is 12.7 Å². The van der Waals surface area contributed by atoms with Crippen LogP contribution in [-0.4, -0.2) is 24.4 Å². The zero-order chi connectivity index (χ0) is 15.5. The van der Waals surface area contributed by atoms with Gasteiger partial charge >= 0.3 is 0 Å². The van der Waals surface area contributed by atoms with Crippen molar-refractivity contribution in [1.82, 2.24) is 0 Å². The van der Waals surface area contributed by atoms with Crippen LogP contribution in [0.1, 0.15) is 51.2 Å². The fraction of sp³-hybridized carbons (Fsp3) is 0.647. The first-order chi connectivity index (χ1) is 10.0. The quantitative estimate of drug-likeness (QED) is 0.897. The van der Waals surface area contributed by atoms with E-state index >= 15 is 0 Å². The Kier molecular flexibility index (Phi) is 5.22. The van der Waals surface area contributed by atoms with Crippen LogP contribution in [0.15, 0.2) is 18.2 Å². The third kappa shape index (κ3) is 3.22. The molecule has 2 rings (SSSR count). The van der Waals surface area contributed by atoms with Crippen molar-refractivity contribution in [3.8, 4) is 5.75 Å². The van der Waals surface area contributed by atoms with E-state index in [2.05, 4.69) is 6.92 Å². The summed E-state index contributed by atoms with van der Waals surface area (Å²) in [6.45, 7) is 4.58. The number of methoxy groups -OCH3 is 1. The third-order valence-corrected chi connectivity index (χ3v) is 4.43. The summed E-state index contributed by atoms with van der Waals surface area (Å²) in [4.78, 5) is 0. The maximum Gasteiger partial charge on any atom is 0.170 e. The summed E-state index contributed by atoms with van der Waals surface area (Å²) >= 11 is 0. The summed E-state index contributed by atoms with van der Waals surface area (Å²) in [5.74, 6) is 0.125. The molecule has 0 aromatic heterocycles. The molecule has 0 bridgehead atoms.